The van der Waals surface area contributed by atoms with Crippen molar-refractivity contribution in [2.24, 2.45) is 44.9 Å². The fraction of sp³-hybridized carbons (Fsp3) is 0.760. The van der Waals surface area contributed by atoms with E-state index in [-0.39, 0.29) is 28.3 Å². The molecule has 4 rings (SSSR count). The molecule has 154 valence electrons. The van der Waals surface area contributed by atoms with Gasteiger partial charge in [-0.05, 0) is 61.0 Å². The van der Waals surface area contributed by atoms with Crippen molar-refractivity contribution in [1.29, 1.82) is 0 Å². The number of carbonyl (C=O) groups is 1. The number of hydrogen-bond donors (Lipinski definition) is 1. The molecule has 3 heteroatoms. The van der Waals surface area contributed by atoms with E-state index in [0.717, 1.165) is 31.4 Å². The number of rotatable bonds is 2. The number of aliphatic hydroxyl groups excluding tert-OH is 1. The molecule has 0 heterocycles. The van der Waals surface area contributed by atoms with E-state index in [1.165, 1.54) is 5.57 Å². The predicted molar refractivity (Wildman–Crippen MR) is 114 cm³/mol. The number of aliphatic imine (C=N–C) groups is 1. The van der Waals surface area contributed by atoms with Gasteiger partial charge in [-0.3, -0.25) is 9.79 Å². The number of nitrogens with zero attached hydrogens (tertiary/aromatic N) is 1. The smallest absolute Gasteiger partial charge is 0.139 e. The molecule has 0 aromatic carbocycles. The number of aliphatic hydroxyl groups is 1. The summed E-state index contributed by atoms with van der Waals surface area (Å²) < 4.78 is 0. The Bertz CT molecular complexity index is 779. The molecular formula is C25H37NO2. The third-order valence-electron chi connectivity index (χ3n) is 9.84. The van der Waals surface area contributed by atoms with Crippen LogP contribution in [-0.2, 0) is 4.79 Å². The van der Waals surface area contributed by atoms with Crippen molar-refractivity contribution in [2.45, 2.75) is 72.8 Å². The molecular weight excluding hydrogens is 346 g/mol. The van der Waals surface area contributed by atoms with E-state index in [4.69, 9.17) is 0 Å². The maximum Gasteiger partial charge on any atom is 0.139 e. The van der Waals surface area contributed by atoms with Gasteiger partial charge in [0.25, 0.3) is 0 Å². The molecule has 0 saturated heterocycles. The molecule has 28 heavy (non-hydrogen) atoms. The van der Waals surface area contributed by atoms with Gasteiger partial charge in [-0.1, -0.05) is 46.3 Å². The molecule has 0 bridgehead atoms. The zero-order valence-electron chi connectivity index (χ0n) is 18.5. The van der Waals surface area contributed by atoms with E-state index in [2.05, 4.69) is 50.9 Å². The fourth-order valence-corrected chi connectivity index (χ4v) is 7.99. The molecule has 0 aliphatic heterocycles. The number of allylic oxidation sites excluding steroid dienone is 4. The van der Waals surface area contributed by atoms with Crippen LogP contribution in [0.3, 0.4) is 0 Å². The Morgan fingerprint density at radius 1 is 1.32 bits per heavy atom. The van der Waals surface area contributed by atoms with Gasteiger partial charge >= 0.3 is 0 Å². The molecule has 8 atom stereocenters. The molecule has 0 aromatic rings. The molecule has 0 amide bonds. The molecule has 3 saturated carbocycles. The second-order valence-electron chi connectivity index (χ2n) is 10.6. The largest absolute Gasteiger partial charge is 0.393 e. The number of fused-ring (bicyclic) bond motifs is 5. The van der Waals surface area contributed by atoms with E-state index >= 15 is 0 Å². The molecule has 1 N–H and O–H groups in total. The summed E-state index contributed by atoms with van der Waals surface area (Å²) in [7, 11) is 1.84. The average Bonchev–Trinajstić information content (AvgIpc) is 2.87. The van der Waals surface area contributed by atoms with Gasteiger partial charge in [0.05, 0.1) is 11.8 Å². The predicted octanol–water partition coefficient (Wildman–Crippen LogP) is 5.00. The van der Waals surface area contributed by atoms with Crippen LogP contribution in [0, 0.1) is 39.9 Å². The van der Waals surface area contributed by atoms with Crippen LogP contribution in [0.4, 0.5) is 0 Å². The Kier molecular flexibility index (Phi) is 4.58. The SMILES string of the molecule is CCC(=O)[C@@]1(C)[C@H](C)C[C@H]2[C@@H]3CCC4=C/C(=N/C)C=C[C@]4(C)[C@H]3[C@@H](O)C[C@@]21C. The highest BCUT2D eigenvalue weighted by Crippen LogP contribution is 2.71. The Morgan fingerprint density at radius 3 is 2.68 bits per heavy atom. The lowest BCUT2D eigenvalue weighted by Gasteiger charge is -2.60. The first-order valence-electron chi connectivity index (χ1n) is 11.2. The van der Waals surface area contributed by atoms with Crippen LogP contribution in [0.25, 0.3) is 0 Å². The van der Waals surface area contributed by atoms with Crippen molar-refractivity contribution in [3.05, 3.63) is 23.8 Å². The lowest BCUT2D eigenvalue weighted by atomic mass is 9.44. The molecule has 0 aromatic heterocycles. The van der Waals surface area contributed by atoms with Gasteiger partial charge in [-0.2, -0.15) is 0 Å². The van der Waals surface area contributed by atoms with Crippen LogP contribution >= 0.6 is 0 Å². The normalized spacial score (nSPS) is 51.3. The van der Waals surface area contributed by atoms with Gasteiger partial charge in [-0.25, -0.2) is 0 Å². The zero-order chi connectivity index (χ0) is 20.5. The van der Waals surface area contributed by atoms with Gasteiger partial charge in [0, 0.05) is 30.2 Å². The maximum atomic E-state index is 13.1. The van der Waals surface area contributed by atoms with Crippen LogP contribution in [0.2, 0.25) is 0 Å². The van der Waals surface area contributed by atoms with Crippen molar-refractivity contribution in [3.63, 3.8) is 0 Å². The summed E-state index contributed by atoms with van der Waals surface area (Å²) in [4.78, 5) is 17.5. The van der Waals surface area contributed by atoms with Crippen molar-refractivity contribution in [2.75, 3.05) is 7.05 Å². The minimum absolute atomic E-state index is 0.0884. The number of ketones is 1. The second kappa shape index (κ2) is 6.39. The van der Waals surface area contributed by atoms with Crippen LogP contribution in [0.5, 0.6) is 0 Å². The summed E-state index contributed by atoms with van der Waals surface area (Å²) in [6, 6.07) is 0. The van der Waals surface area contributed by atoms with Gasteiger partial charge in [-0.15, -0.1) is 0 Å². The van der Waals surface area contributed by atoms with Crippen LogP contribution in [0.1, 0.15) is 66.7 Å². The first kappa shape index (κ1) is 20.1. The highest BCUT2D eigenvalue weighted by Gasteiger charge is 2.68. The molecule has 4 aliphatic rings. The standard InChI is InChI=1S/C25H37NO2/c1-7-21(28)25(5)15(2)12-19-18-9-8-16-13-17(26-6)10-11-23(16,3)22(18)20(27)14-24(19,25)4/h10-11,13,15,18-20,22,27H,7-9,12,14H2,1-6H3/b26-17+/t15-,18+,19+,20+,22-,23+,24+,25-/m1/s1. The minimum Gasteiger partial charge on any atom is -0.393 e. The van der Waals surface area contributed by atoms with Crippen LogP contribution in [0.15, 0.2) is 28.8 Å². The minimum atomic E-state index is -0.362. The summed E-state index contributed by atoms with van der Waals surface area (Å²) in [6.07, 6.45) is 11.0. The van der Waals surface area contributed by atoms with Crippen molar-refractivity contribution in [1.82, 2.24) is 0 Å². The maximum absolute atomic E-state index is 13.1. The third kappa shape index (κ3) is 2.32. The average molecular weight is 384 g/mol. The van der Waals surface area contributed by atoms with Gasteiger partial charge in [0.2, 0.25) is 0 Å². The first-order valence-corrected chi connectivity index (χ1v) is 11.2. The van der Waals surface area contributed by atoms with Crippen molar-refractivity contribution >= 4 is 11.5 Å². The topological polar surface area (TPSA) is 49.7 Å². The second-order valence-corrected chi connectivity index (χ2v) is 10.6. The molecule has 4 aliphatic carbocycles. The molecule has 0 spiro atoms. The number of Topliss-reactive ketones (excluding diaryl/α,β-unsaturated/α-hetero) is 1. The zero-order valence-corrected chi connectivity index (χ0v) is 18.5. The summed E-state index contributed by atoms with van der Waals surface area (Å²) >= 11 is 0. The molecule has 3 fully saturated rings. The van der Waals surface area contributed by atoms with Crippen LogP contribution in [-0.4, -0.2) is 29.8 Å². The highest BCUT2D eigenvalue weighted by atomic mass is 16.3. The number of carbonyl (C=O) groups excluding carboxylic acids is 1. The summed E-state index contributed by atoms with van der Waals surface area (Å²) in [5.74, 6) is 2.01. The van der Waals surface area contributed by atoms with E-state index in [9.17, 15) is 9.90 Å². The Balaban J connectivity index is 1.76. The first-order chi connectivity index (χ1) is 13.1. The fourth-order valence-electron chi connectivity index (χ4n) is 7.99. The van der Waals surface area contributed by atoms with Crippen molar-refractivity contribution < 1.29 is 9.90 Å². The van der Waals surface area contributed by atoms with Crippen LogP contribution < -0.4 is 0 Å². The summed E-state index contributed by atoms with van der Waals surface area (Å²) in [5.41, 5.74) is 1.95. The van der Waals surface area contributed by atoms with Gasteiger partial charge < -0.3 is 5.11 Å². The van der Waals surface area contributed by atoms with Gasteiger partial charge in [0.15, 0.2) is 0 Å². The lowest BCUT2D eigenvalue weighted by molar-refractivity contribution is -0.155. The number of hydrogen-bond acceptors (Lipinski definition) is 3. The molecule has 0 unspecified atom stereocenters. The Hall–Kier alpha value is -1.22. The van der Waals surface area contributed by atoms with Gasteiger partial charge in [0.1, 0.15) is 5.78 Å². The Labute approximate surface area is 170 Å². The molecule has 3 nitrogen and oxygen atoms in total. The quantitative estimate of drug-likeness (QED) is 0.729. The van der Waals surface area contributed by atoms with E-state index in [0.29, 0.717) is 30.0 Å². The monoisotopic (exact) mass is 383 g/mol. The lowest BCUT2D eigenvalue weighted by Crippen LogP contribution is -2.58. The van der Waals surface area contributed by atoms with E-state index in [1.54, 1.807) is 0 Å². The third-order valence-corrected chi connectivity index (χ3v) is 9.84. The van der Waals surface area contributed by atoms with E-state index < -0.39 is 0 Å². The Morgan fingerprint density at radius 2 is 2.04 bits per heavy atom. The van der Waals surface area contributed by atoms with E-state index in [1.807, 2.05) is 14.0 Å². The van der Waals surface area contributed by atoms with Crippen molar-refractivity contribution in [3.8, 4) is 0 Å². The highest BCUT2D eigenvalue weighted by molar-refractivity contribution is 6.05. The summed E-state index contributed by atoms with van der Waals surface area (Å²) in [6.45, 7) is 11.1. The summed E-state index contributed by atoms with van der Waals surface area (Å²) in [5, 5.41) is 11.5. The molecule has 0 radical (unpaired) electrons.